The minimum absolute atomic E-state index is 0.113. The fourth-order valence-electron chi connectivity index (χ4n) is 2.98. The van der Waals surface area contributed by atoms with Crippen LogP contribution in [0.25, 0.3) is 23.0 Å². The fraction of sp³-hybridized carbons (Fsp3) is 0.0952. The highest BCUT2D eigenvalue weighted by atomic mass is 16.5. The van der Waals surface area contributed by atoms with Crippen LogP contribution in [0.15, 0.2) is 65.3 Å². The summed E-state index contributed by atoms with van der Waals surface area (Å²) in [5.74, 6) is 1.43. The second kappa shape index (κ2) is 6.32. The SMILES string of the molecule is CCOc1ccccc1C=C1C(=O)Nc2cc(-c3ccco3)ccc21. The molecule has 0 bridgehead atoms. The van der Waals surface area contributed by atoms with Gasteiger partial charge in [-0.1, -0.05) is 30.3 Å². The minimum atomic E-state index is -0.113. The van der Waals surface area contributed by atoms with Gasteiger partial charge in [-0.05, 0) is 37.3 Å². The number of hydrogen-bond acceptors (Lipinski definition) is 3. The van der Waals surface area contributed by atoms with Gasteiger partial charge in [-0.2, -0.15) is 0 Å². The average molecular weight is 331 g/mol. The second-order valence-corrected chi connectivity index (χ2v) is 5.72. The molecule has 1 amide bonds. The molecule has 4 rings (SSSR count). The summed E-state index contributed by atoms with van der Waals surface area (Å²) in [7, 11) is 0. The Bertz CT molecular complexity index is 955. The first-order chi connectivity index (χ1) is 12.3. The van der Waals surface area contributed by atoms with Crippen LogP contribution in [-0.4, -0.2) is 12.5 Å². The molecule has 0 saturated heterocycles. The van der Waals surface area contributed by atoms with E-state index >= 15 is 0 Å². The highest BCUT2D eigenvalue weighted by molar-refractivity contribution is 6.35. The van der Waals surface area contributed by atoms with Crippen LogP contribution in [0.2, 0.25) is 0 Å². The predicted octanol–water partition coefficient (Wildman–Crippen LogP) is 4.84. The first kappa shape index (κ1) is 15.3. The number of benzene rings is 2. The zero-order valence-electron chi connectivity index (χ0n) is 13.8. The Kier molecular flexibility index (Phi) is 3.86. The van der Waals surface area contributed by atoms with Crippen LogP contribution in [0, 0.1) is 0 Å². The van der Waals surface area contributed by atoms with Crippen molar-refractivity contribution in [2.45, 2.75) is 6.92 Å². The summed E-state index contributed by atoms with van der Waals surface area (Å²) < 4.78 is 11.1. The third kappa shape index (κ3) is 2.83. The van der Waals surface area contributed by atoms with E-state index in [0.29, 0.717) is 12.2 Å². The Morgan fingerprint density at radius 3 is 2.80 bits per heavy atom. The molecule has 2 aromatic carbocycles. The van der Waals surface area contributed by atoms with Crippen LogP contribution < -0.4 is 10.1 Å². The molecule has 1 aliphatic heterocycles. The Labute approximate surface area is 145 Å². The van der Waals surface area contributed by atoms with Gasteiger partial charge in [0.05, 0.1) is 12.9 Å². The number of amides is 1. The van der Waals surface area contributed by atoms with Gasteiger partial charge in [0.2, 0.25) is 0 Å². The maximum atomic E-state index is 12.5. The number of carbonyl (C=O) groups is 1. The molecule has 0 saturated carbocycles. The van der Waals surface area contributed by atoms with E-state index in [1.807, 2.05) is 67.6 Å². The van der Waals surface area contributed by atoms with Crippen LogP contribution in [-0.2, 0) is 4.79 Å². The van der Waals surface area contributed by atoms with Gasteiger partial charge < -0.3 is 14.5 Å². The van der Waals surface area contributed by atoms with Crippen molar-refractivity contribution in [3.63, 3.8) is 0 Å². The van der Waals surface area contributed by atoms with Crippen molar-refractivity contribution < 1.29 is 13.9 Å². The smallest absolute Gasteiger partial charge is 0.256 e. The van der Waals surface area contributed by atoms with E-state index in [-0.39, 0.29) is 5.91 Å². The molecule has 4 heteroatoms. The van der Waals surface area contributed by atoms with Crippen molar-refractivity contribution in [2.75, 3.05) is 11.9 Å². The summed E-state index contributed by atoms with van der Waals surface area (Å²) in [6.45, 7) is 2.52. The van der Waals surface area contributed by atoms with E-state index in [1.165, 1.54) is 0 Å². The third-order valence-electron chi connectivity index (χ3n) is 4.13. The Morgan fingerprint density at radius 2 is 2.00 bits per heavy atom. The number of hydrogen-bond donors (Lipinski definition) is 1. The summed E-state index contributed by atoms with van der Waals surface area (Å²) in [6.07, 6.45) is 3.51. The number of fused-ring (bicyclic) bond motifs is 1. The quantitative estimate of drug-likeness (QED) is 0.696. The molecule has 124 valence electrons. The molecule has 1 aliphatic rings. The molecule has 25 heavy (non-hydrogen) atoms. The number of nitrogens with one attached hydrogen (secondary N) is 1. The number of carbonyl (C=O) groups excluding carboxylic acids is 1. The van der Waals surface area contributed by atoms with Crippen LogP contribution >= 0.6 is 0 Å². The lowest BCUT2D eigenvalue weighted by Gasteiger charge is -2.07. The molecule has 0 spiro atoms. The van der Waals surface area contributed by atoms with Crippen LogP contribution in [0.4, 0.5) is 5.69 Å². The maximum absolute atomic E-state index is 12.5. The molecule has 0 atom stereocenters. The van der Waals surface area contributed by atoms with E-state index in [1.54, 1.807) is 6.26 Å². The zero-order chi connectivity index (χ0) is 17.2. The van der Waals surface area contributed by atoms with Crippen molar-refractivity contribution >= 4 is 23.2 Å². The van der Waals surface area contributed by atoms with Crippen molar-refractivity contribution in [2.24, 2.45) is 0 Å². The minimum Gasteiger partial charge on any atom is -0.493 e. The second-order valence-electron chi connectivity index (χ2n) is 5.72. The van der Waals surface area contributed by atoms with Gasteiger partial charge >= 0.3 is 0 Å². The molecule has 1 aromatic heterocycles. The van der Waals surface area contributed by atoms with Crippen LogP contribution in [0.3, 0.4) is 0 Å². The van der Waals surface area contributed by atoms with E-state index in [2.05, 4.69) is 5.32 Å². The molecular formula is C21H17NO3. The number of furan rings is 1. The molecule has 0 aliphatic carbocycles. The Morgan fingerprint density at radius 1 is 1.12 bits per heavy atom. The molecule has 0 unspecified atom stereocenters. The molecule has 0 radical (unpaired) electrons. The van der Waals surface area contributed by atoms with Gasteiger partial charge in [-0.15, -0.1) is 0 Å². The van der Waals surface area contributed by atoms with Crippen molar-refractivity contribution in [1.82, 2.24) is 0 Å². The highest BCUT2D eigenvalue weighted by Crippen LogP contribution is 2.37. The largest absolute Gasteiger partial charge is 0.493 e. The van der Waals surface area contributed by atoms with E-state index in [0.717, 1.165) is 33.9 Å². The first-order valence-corrected chi connectivity index (χ1v) is 8.19. The summed E-state index contributed by atoms with van der Waals surface area (Å²) in [5, 5.41) is 2.93. The Balaban J connectivity index is 1.75. The molecular weight excluding hydrogens is 314 g/mol. The van der Waals surface area contributed by atoms with Gasteiger partial charge in [0.15, 0.2) is 0 Å². The fourth-order valence-corrected chi connectivity index (χ4v) is 2.98. The molecule has 1 N–H and O–H groups in total. The average Bonchev–Trinajstić information content (AvgIpc) is 3.25. The third-order valence-corrected chi connectivity index (χ3v) is 4.13. The van der Waals surface area contributed by atoms with Gasteiger partial charge in [0, 0.05) is 28.0 Å². The van der Waals surface area contributed by atoms with E-state index in [9.17, 15) is 4.79 Å². The highest BCUT2D eigenvalue weighted by Gasteiger charge is 2.25. The lowest BCUT2D eigenvalue weighted by molar-refractivity contribution is -0.110. The summed E-state index contributed by atoms with van der Waals surface area (Å²) in [5.41, 5.74) is 4.12. The molecule has 0 fully saturated rings. The molecule has 4 nitrogen and oxygen atoms in total. The van der Waals surface area contributed by atoms with E-state index in [4.69, 9.17) is 9.15 Å². The van der Waals surface area contributed by atoms with Gasteiger partial charge in [0.1, 0.15) is 11.5 Å². The summed E-state index contributed by atoms with van der Waals surface area (Å²) in [4.78, 5) is 12.5. The van der Waals surface area contributed by atoms with Crippen molar-refractivity contribution in [1.29, 1.82) is 0 Å². The van der Waals surface area contributed by atoms with E-state index < -0.39 is 0 Å². The summed E-state index contributed by atoms with van der Waals surface area (Å²) >= 11 is 0. The van der Waals surface area contributed by atoms with Crippen LogP contribution in [0.1, 0.15) is 18.1 Å². The lowest BCUT2D eigenvalue weighted by atomic mass is 10.0. The topological polar surface area (TPSA) is 51.5 Å². The molecule has 2 heterocycles. The predicted molar refractivity (Wildman–Crippen MR) is 98.3 cm³/mol. The summed E-state index contributed by atoms with van der Waals surface area (Å²) in [6, 6.07) is 17.3. The standard InChI is InChI=1S/C21H17NO3/c1-2-24-19-7-4-3-6-14(19)12-17-16-10-9-15(20-8-5-11-25-20)13-18(16)22-21(17)23/h3-13H,2H2,1H3,(H,22,23). The van der Waals surface area contributed by atoms with Gasteiger partial charge in [-0.25, -0.2) is 0 Å². The van der Waals surface area contributed by atoms with Gasteiger partial charge in [-0.3, -0.25) is 4.79 Å². The number of ether oxygens (including phenoxy) is 1. The Hall–Kier alpha value is -3.27. The number of anilines is 1. The zero-order valence-corrected chi connectivity index (χ0v) is 13.8. The van der Waals surface area contributed by atoms with Crippen LogP contribution in [0.5, 0.6) is 5.75 Å². The first-order valence-electron chi connectivity index (χ1n) is 8.19. The normalized spacial score (nSPS) is 14.4. The van der Waals surface area contributed by atoms with Crippen molar-refractivity contribution in [3.05, 3.63) is 72.0 Å². The van der Waals surface area contributed by atoms with Crippen molar-refractivity contribution in [3.8, 4) is 17.1 Å². The number of para-hydroxylation sites is 1. The maximum Gasteiger partial charge on any atom is 0.256 e. The lowest BCUT2D eigenvalue weighted by Crippen LogP contribution is -2.03. The monoisotopic (exact) mass is 331 g/mol. The molecule has 3 aromatic rings. The van der Waals surface area contributed by atoms with Gasteiger partial charge in [0.25, 0.3) is 5.91 Å². The number of rotatable bonds is 4.